The van der Waals surface area contributed by atoms with Crippen LogP contribution in [0.4, 0.5) is 14.5 Å². The van der Waals surface area contributed by atoms with Gasteiger partial charge in [0.05, 0.1) is 35.5 Å². The van der Waals surface area contributed by atoms with Gasteiger partial charge in [-0.15, -0.1) is 0 Å². The summed E-state index contributed by atoms with van der Waals surface area (Å²) in [6.07, 6.45) is 3.17. The third-order valence-corrected chi connectivity index (χ3v) is 5.70. The van der Waals surface area contributed by atoms with Gasteiger partial charge >= 0.3 is 0 Å². The Kier molecular flexibility index (Phi) is 7.09. The predicted molar refractivity (Wildman–Crippen MR) is 130 cm³/mol. The first-order chi connectivity index (χ1) is 16.4. The summed E-state index contributed by atoms with van der Waals surface area (Å²) in [7, 11) is 0. The number of morpholine rings is 1. The SMILES string of the molecule is C=CC=NC(=C(C)C)[C@H](O)c1ccc(F)c(-c2ncnc3cc(N4CCOCC4)cc(F)c23)c1. The topological polar surface area (TPSA) is 70.8 Å². The Morgan fingerprint density at radius 2 is 1.91 bits per heavy atom. The van der Waals surface area contributed by atoms with E-state index in [1.165, 1.54) is 42.9 Å². The molecule has 1 N–H and O–H groups in total. The van der Waals surface area contributed by atoms with Crippen molar-refractivity contribution >= 4 is 22.8 Å². The molecule has 0 spiro atoms. The highest BCUT2D eigenvalue weighted by Gasteiger charge is 2.21. The van der Waals surface area contributed by atoms with E-state index in [0.717, 1.165) is 5.57 Å². The number of ether oxygens (including phenoxy) is 1. The van der Waals surface area contributed by atoms with Crippen LogP contribution < -0.4 is 4.90 Å². The Balaban J connectivity index is 1.81. The standard InChI is InChI=1S/C26H26F2N4O2/c1-4-7-29-24(16(2)3)26(33)17-5-6-20(27)19(12-17)25-23-21(28)13-18(14-22(23)30-15-31-25)32-8-10-34-11-9-32/h4-7,12-15,26,33H,1,8-11H2,2-3H3/t26-/m1/s1. The van der Waals surface area contributed by atoms with E-state index < -0.39 is 17.7 Å². The number of rotatable bonds is 6. The van der Waals surface area contributed by atoms with Crippen molar-refractivity contribution in [1.29, 1.82) is 0 Å². The predicted octanol–water partition coefficient (Wildman–Crippen LogP) is 5.00. The molecule has 0 aliphatic carbocycles. The van der Waals surface area contributed by atoms with E-state index in [4.69, 9.17) is 4.74 Å². The van der Waals surface area contributed by atoms with E-state index in [0.29, 0.717) is 48.8 Å². The van der Waals surface area contributed by atoms with Crippen LogP contribution in [0.5, 0.6) is 0 Å². The zero-order chi connectivity index (χ0) is 24.2. The number of aliphatic hydroxyl groups excluding tert-OH is 1. The Bertz CT molecular complexity index is 1280. The number of aliphatic hydroxyl groups is 1. The highest BCUT2D eigenvalue weighted by Crippen LogP contribution is 2.35. The van der Waals surface area contributed by atoms with E-state index in [2.05, 4.69) is 21.5 Å². The van der Waals surface area contributed by atoms with Gasteiger partial charge in [-0.2, -0.15) is 0 Å². The molecule has 0 radical (unpaired) electrons. The number of aliphatic imine (C=N–C) groups is 1. The van der Waals surface area contributed by atoms with Crippen LogP contribution in [-0.2, 0) is 4.74 Å². The molecule has 0 bridgehead atoms. The Labute approximate surface area is 196 Å². The molecule has 176 valence electrons. The van der Waals surface area contributed by atoms with Gasteiger partial charge in [0, 0.05) is 30.6 Å². The fourth-order valence-corrected chi connectivity index (χ4v) is 3.99. The lowest BCUT2D eigenvalue weighted by Gasteiger charge is -2.29. The van der Waals surface area contributed by atoms with Crippen molar-refractivity contribution in [3.05, 3.63) is 77.8 Å². The normalized spacial score (nSPS) is 15.0. The maximum Gasteiger partial charge on any atom is 0.136 e. The third kappa shape index (κ3) is 4.73. The molecular weight excluding hydrogens is 438 g/mol. The van der Waals surface area contributed by atoms with Crippen molar-refractivity contribution in [3.8, 4) is 11.3 Å². The van der Waals surface area contributed by atoms with Crippen LogP contribution in [0.15, 0.2) is 65.6 Å². The summed E-state index contributed by atoms with van der Waals surface area (Å²) in [6, 6.07) is 7.39. The van der Waals surface area contributed by atoms with Crippen molar-refractivity contribution in [1.82, 2.24) is 9.97 Å². The number of anilines is 1. The zero-order valence-electron chi connectivity index (χ0n) is 19.1. The quantitative estimate of drug-likeness (QED) is 0.520. The average molecular weight is 465 g/mol. The first kappa shape index (κ1) is 23.7. The summed E-state index contributed by atoms with van der Waals surface area (Å²) in [5.74, 6) is -1.12. The Morgan fingerprint density at radius 1 is 1.15 bits per heavy atom. The van der Waals surface area contributed by atoms with E-state index in [-0.39, 0.29) is 16.6 Å². The van der Waals surface area contributed by atoms with Crippen molar-refractivity contribution in [2.75, 3.05) is 31.2 Å². The second-order valence-corrected chi connectivity index (χ2v) is 8.18. The molecule has 2 aromatic carbocycles. The van der Waals surface area contributed by atoms with Crippen molar-refractivity contribution in [2.24, 2.45) is 4.99 Å². The van der Waals surface area contributed by atoms with Crippen LogP contribution in [0.1, 0.15) is 25.5 Å². The maximum atomic E-state index is 15.4. The highest BCUT2D eigenvalue weighted by molar-refractivity contribution is 5.94. The van der Waals surface area contributed by atoms with Crippen molar-refractivity contribution in [2.45, 2.75) is 20.0 Å². The number of nitrogens with zero attached hydrogens (tertiary/aromatic N) is 4. The minimum Gasteiger partial charge on any atom is -0.382 e. The molecule has 4 rings (SSSR count). The van der Waals surface area contributed by atoms with Gasteiger partial charge in [-0.25, -0.2) is 18.7 Å². The zero-order valence-corrected chi connectivity index (χ0v) is 19.1. The fraction of sp³-hybridized carbons (Fsp3) is 0.269. The van der Waals surface area contributed by atoms with Crippen LogP contribution in [0.25, 0.3) is 22.2 Å². The summed E-state index contributed by atoms with van der Waals surface area (Å²) >= 11 is 0. The number of benzene rings is 2. The lowest BCUT2D eigenvalue weighted by atomic mass is 9.98. The van der Waals surface area contributed by atoms with Crippen molar-refractivity contribution in [3.63, 3.8) is 0 Å². The van der Waals surface area contributed by atoms with Gasteiger partial charge in [-0.1, -0.05) is 24.3 Å². The third-order valence-electron chi connectivity index (χ3n) is 5.70. The summed E-state index contributed by atoms with van der Waals surface area (Å²) in [4.78, 5) is 14.7. The summed E-state index contributed by atoms with van der Waals surface area (Å²) in [5.41, 5.74) is 2.88. The van der Waals surface area contributed by atoms with Gasteiger partial charge in [-0.05, 0) is 43.7 Å². The van der Waals surface area contributed by atoms with Gasteiger partial charge in [0.2, 0.25) is 0 Å². The largest absolute Gasteiger partial charge is 0.382 e. The van der Waals surface area contributed by atoms with Gasteiger partial charge < -0.3 is 14.7 Å². The lowest BCUT2D eigenvalue weighted by molar-refractivity contribution is 0.122. The number of aromatic nitrogens is 2. The molecule has 1 aromatic heterocycles. The molecule has 0 unspecified atom stereocenters. The first-order valence-electron chi connectivity index (χ1n) is 11.0. The van der Waals surface area contributed by atoms with Crippen LogP contribution >= 0.6 is 0 Å². The van der Waals surface area contributed by atoms with Gasteiger partial charge in [0.25, 0.3) is 0 Å². The van der Waals surface area contributed by atoms with E-state index in [1.54, 1.807) is 6.07 Å². The molecule has 6 nitrogen and oxygen atoms in total. The molecule has 34 heavy (non-hydrogen) atoms. The molecule has 1 atom stereocenters. The Morgan fingerprint density at radius 3 is 2.62 bits per heavy atom. The van der Waals surface area contributed by atoms with E-state index >= 15 is 4.39 Å². The molecule has 2 heterocycles. The fourth-order valence-electron chi connectivity index (χ4n) is 3.99. The molecule has 0 amide bonds. The van der Waals surface area contributed by atoms with Crippen LogP contribution in [0.2, 0.25) is 0 Å². The molecule has 1 aliphatic rings. The van der Waals surface area contributed by atoms with Crippen molar-refractivity contribution < 1.29 is 18.6 Å². The second kappa shape index (κ2) is 10.2. The minimum absolute atomic E-state index is 0.0720. The molecule has 3 aromatic rings. The maximum absolute atomic E-state index is 15.4. The number of allylic oxidation sites excluding steroid dienone is 2. The Hall–Kier alpha value is -3.49. The molecule has 1 fully saturated rings. The smallest absolute Gasteiger partial charge is 0.136 e. The average Bonchev–Trinajstić information content (AvgIpc) is 2.84. The number of fused-ring (bicyclic) bond motifs is 1. The number of hydrogen-bond acceptors (Lipinski definition) is 6. The van der Waals surface area contributed by atoms with Gasteiger partial charge in [0.15, 0.2) is 0 Å². The highest BCUT2D eigenvalue weighted by atomic mass is 19.1. The van der Waals surface area contributed by atoms with E-state index in [1.807, 2.05) is 18.7 Å². The second-order valence-electron chi connectivity index (χ2n) is 8.18. The van der Waals surface area contributed by atoms with Crippen LogP contribution in [0, 0.1) is 11.6 Å². The van der Waals surface area contributed by atoms with Crippen LogP contribution in [-0.4, -0.2) is 47.6 Å². The number of hydrogen-bond donors (Lipinski definition) is 1. The summed E-state index contributed by atoms with van der Waals surface area (Å²) < 4.78 is 35.7. The molecular formula is C26H26F2N4O2. The summed E-state index contributed by atoms with van der Waals surface area (Å²) in [6.45, 7) is 9.69. The van der Waals surface area contributed by atoms with Crippen LogP contribution in [0.3, 0.4) is 0 Å². The molecule has 0 saturated carbocycles. The first-order valence-corrected chi connectivity index (χ1v) is 11.0. The van der Waals surface area contributed by atoms with E-state index in [9.17, 15) is 9.50 Å². The molecule has 8 heteroatoms. The summed E-state index contributed by atoms with van der Waals surface area (Å²) in [5, 5.41) is 11.1. The molecule has 1 aliphatic heterocycles. The van der Waals surface area contributed by atoms with Gasteiger partial charge in [0.1, 0.15) is 24.1 Å². The minimum atomic E-state index is -1.11. The van der Waals surface area contributed by atoms with Gasteiger partial charge in [-0.3, -0.25) is 4.99 Å². The molecule has 1 saturated heterocycles. The lowest BCUT2D eigenvalue weighted by Crippen LogP contribution is -2.36. The number of halogens is 2. The monoisotopic (exact) mass is 464 g/mol.